The van der Waals surface area contributed by atoms with Crippen LogP contribution in [0, 0.1) is 6.92 Å². The van der Waals surface area contributed by atoms with E-state index in [1.807, 2.05) is 49.7 Å². The van der Waals surface area contributed by atoms with E-state index in [1.54, 1.807) is 0 Å². The van der Waals surface area contributed by atoms with Crippen LogP contribution in [0.25, 0.3) is 0 Å². The molecule has 1 atom stereocenters. The highest BCUT2D eigenvalue weighted by Gasteiger charge is 2.18. The number of aromatic nitrogens is 3. The average molecular weight is 486 g/mol. The summed E-state index contributed by atoms with van der Waals surface area (Å²) in [5.41, 5.74) is 1.56. The molecule has 0 radical (unpaired) electrons. The van der Waals surface area contributed by atoms with Crippen LogP contribution < -0.4 is 10.1 Å². The lowest BCUT2D eigenvalue weighted by atomic mass is 10.2. The molecule has 0 aliphatic carbocycles. The number of aryl methyl sites for hydroxylation is 1. The Morgan fingerprint density at radius 2 is 1.80 bits per heavy atom. The quantitative estimate of drug-likeness (QED) is 0.330. The number of nitrogens with one attached hydrogen (secondary N) is 1. The first-order valence-corrected chi connectivity index (χ1v) is 11.1. The minimum atomic E-state index is -0.302. The predicted molar refractivity (Wildman–Crippen MR) is 122 cm³/mol. The summed E-state index contributed by atoms with van der Waals surface area (Å²) in [4.78, 5) is 12.3. The third kappa shape index (κ3) is 5.60. The van der Waals surface area contributed by atoms with Gasteiger partial charge in [-0.05, 0) is 38.1 Å². The molecule has 1 unspecified atom stereocenters. The standard InChI is InChI=1S/C20H19Cl3N4O2S/c1-11-4-6-13(7-5-11)29-12(2)19-25-26-20(27(19)3)30-10-18(28)24-17-9-15(22)14(21)8-16(17)23/h4-9,12H,10H2,1-3H3,(H,24,28). The van der Waals surface area contributed by atoms with Crippen molar-refractivity contribution in [2.24, 2.45) is 7.05 Å². The number of amides is 1. The van der Waals surface area contributed by atoms with Gasteiger partial charge in [0.25, 0.3) is 0 Å². The molecule has 0 saturated carbocycles. The summed E-state index contributed by atoms with van der Waals surface area (Å²) < 4.78 is 7.75. The maximum Gasteiger partial charge on any atom is 0.234 e. The molecule has 1 heterocycles. The van der Waals surface area contributed by atoms with Crippen molar-refractivity contribution in [3.63, 3.8) is 0 Å². The lowest BCUT2D eigenvalue weighted by Crippen LogP contribution is -2.15. The molecule has 1 aromatic heterocycles. The topological polar surface area (TPSA) is 69.0 Å². The first-order chi connectivity index (χ1) is 14.2. The smallest absolute Gasteiger partial charge is 0.234 e. The molecule has 10 heteroatoms. The van der Waals surface area contributed by atoms with Crippen molar-refractivity contribution in [3.8, 4) is 5.75 Å². The Morgan fingerprint density at radius 1 is 1.13 bits per heavy atom. The van der Waals surface area contributed by atoms with Crippen LogP contribution in [0.3, 0.4) is 0 Å². The summed E-state index contributed by atoms with van der Waals surface area (Å²) in [6, 6.07) is 10.8. The van der Waals surface area contributed by atoms with E-state index in [0.717, 1.165) is 11.3 Å². The molecule has 0 saturated heterocycles. The number of rotatable bonds is 7. The zero-order valence-electron chi connectivity index (χ0n) is 16.4. The van der Waals surface area contributed by atoms with Crippen molar-refractivity contribution in [1.29, 1.82) is 0 Å². The molecule has 6 nitrogen and oxygen atoms in total. The number of benzene rings is 2. The summed E-state index contributed by atoms with van der Waals surface area (Å²) in [5.74, 6) is 1.28. The Morgan fingerprint density at radius 3 is 2.50 bits per heavy atom. The first-order valence-electron chi connectivity index (χ1n) is 8.94. The number of hydrogen-bond donors (Lipinski definition) is 1. The second kappa shape index (κ2) is 9.92. The molecule has 0 fully saturated rings. The highest BCUT2D eigenvalue weighted by atomic mass is 35.5. The Hall–Kier alpha value is -1.93. The second-order valence-electron chi connectivity index (χ2n) is 6.56. The summed E-state index contributed by atoms with van der Waals surface area (Å²) in [7, 11) is 1.83. The molecule has 2 aromatic carbocycles. The molecule has 3 rings (SSSR count). The predicted octanol–water partition coefficient (Wildman–Crippen LogP) is 5.95. The van der Waals surface area contributed by atoms with Gasteiger partial charge in [0.05, 0.1) is 26.5 Å². The Bertz CT molecular complexity index is 1060. The Kier molecular flexibility index (Phi) is 7.52. The van der Waals surface area contributed by atoms with E-state index in [0.29, 0.717) is 31.7 Å². The van der Waals surface area contributed by atoms with Gasteiger partial charge in [-0.3, -0.25) is 4.79 Å². The molecule has 0 aliphatic heterocycles. The fourth-order valence-corrected chi connectivity index (χ4v) is 3.93. The normalized spacial score (nSPS) is 11.9. The number of ether oxygens (including phenoxy) is 1. The van der Waals surface area contributed by atoms with Crippen molar-refractivity contribution in [1.82, 2.24) is 14.8 Å². The molecule has 1 N–H and O–H groups in total. The molecular weight excluding hydrogens is 467 g/mol. The lowest BCUT2D eigenvalue weighted by molar-refractivity contribution is -0.113. The highest BCUT2D eigenvalue weighted by Crippen LogP contribution is 2.32. The van der Waals surface area contributed by atoms with Gasteiger partial charge in [0.15, 0.2) is 17.1 Å². The number of halogens is 3. The molecule has 3 aromatic rings. The molecular formula is C20H19Cl3N4O2S. The van der Waals surface area contributed by atoms with E-state index in [4.69, 9.17) is 39.5 Å². The number of hydrogen-bond acceptors (Lipinski definition) is 5. The summed E-state index contributed by atoms with van der Waals surface area (Å²) in [5, 5.41) is 12.6. The summed E-state index contributed by atoms with van der Waals surface area (Å²) in [6.45, 7) is 3.92. The van der Waals surface area contributed by atoms with Crippen molar-refractivity contribution in [3.05, 3.63) is 62.9 Å². The van der Waals surface area contributed by atoms with E-state index in [-0.39, 0.29) is 17.8 Å². The zero-order valence-corrected chi connectivity index (χ0v) is 19.5. The van der Waals surface area contributed by atoms with E-state index in [2.05, 4.69) is 15.5 Å². The molecule has 0 spiro atoms. The van der Waals surface area contributed by atoms with E-state index >= 15 is 0 Å². The average Bonchev–Trinajstić information content (AvgIpc) is 3.07. The first kappa shape index (κ1) is 22.7. The van der Waals surface area contributed by atoms with Crippen LogP contribution >= 0.6 is 46.6 Å². The van der Waals surface area contributed by atoms with Crippen LogP contribution in [0.4, 0.5) is 5.69 Å². The van der Waals surface area contributed by atoms with Gasteiger partial charge in [-0.2, -0.15) is 0 Å². The Labute approximate surface area is 193 Å². The summed E-state index contributed by atoms with van der Waals surface area (Å²) >= 11 is 19.2. The largest absolute Gasteiger partial charge is 0.483 e. The van der Waals surface area contributed by atoms with Crippen LogP contribution in [0.1, 0.15) is 24.4 Å². The zero-order chi connectivity index (χ0) is 21.8. The van der Waals surface area contributed by atoms with Crippen molar-refractivity contribution in [2.45, 2.75) is 25.1 Å². The maximum absolute atomic E-state index is 12.3. The van der Waals surface area contributed by atoms with Gasteiger partial charge in [0.1, 0.15) is 5.75 Å². The number of nitrogens with zero attached hydrogens (tertiary/aromatic N) is 3. The second-order valence-corrected chi connectivity index (χ2v) is 8.72. The summed E-state index contributed by atoms with van der Waals surface area (Å²) in [6.07, 6.45) is -0.302. The van der Waals surface area contributed by atoms with Crippen LogP contribution in [0.15, 0.2) is 41.6 Å². The van der Waals surface area contributed by atoms with Crippen molar-refractivity contribution in [2.75, 3.05) is 11.1 Å². The maximum atomic E-state index is 12.3. The van der Waals surface area contributed by atoms with Crippen LogP contribution in [0.2, 0.25) is 15.1 Å². The highest BCUT2D eigenvalue weighted by molar-refractivity contribution is 7.99. The van der Waals surface area contributed by atoms with Gasteiger partial charge in [0.2, 0.25) is 5.91 Å². The molecule has 0 bridgehead atoms. The van der Waals surface area contributed by atoms with Crippen LogP contribution in [0.5, 0.6) is 5.75 Å². The van der Waals surface area contributed by atoms with E-state index in [1.165, 1.54) is 23.9 Å². The number of thioether (sulfide) groups is 1. The van der Waals surface area contributed by atoms with Crippen LogP contribution in [-0.4, -0.2) is 26.4 Å². The number of anilines is 1. The third-order valence-corrected chi connectivity index (χ3v) is 6.24. The fraction of sp³-hybridized carbons (Fsp3) is 0.250. The molecule has 0 aliphatic rings. The molecule has 158 valence electrons. The van der Waals surface area contributed by atoms with E-state index < -0.39 is 0 Å². The van der Waals surface area contributed by atoms with Crippen molar-refractivity contribution >= 4 is 58.2 Å². The van der Waals surface area contributed by atoms with Gasteiger partial charge < -0.3 is 14.6 Å². The lowest BCUT2D eigenvalue weighted by Gasteiger charge is -2.14. The molecule has 30 heavy (non-hydrogen) atoms. The molecule has 1 amide bonds. The number of carbonyl (C=O) groups excluding carboxylic acids is 1. The van der Waals surface area contributed by atoms with Gasteiger partial charge in [-0.1, -0.05) is 64.3 Å². The SMILES string of the molecule is Cc1ccc(OC(C)c2nnc(SCC(=O)Nc3cc(Cl)c(Cl)cc3Cl)n2C)cc1. The van der Waals surface area contributed by atoms with Gasteiger partial charge in [0, 0.05) is 7.05 Å². The fourth-order valence-electron chi connectivity index (χ4n) is 2.61. The van der Waals surface area contributed by atoms with Crippen molar-refractivity contribution < 1.29 is 9.53 Å². The third-order valence-electron chi connectivity index (χ3n) is 4.18. The van der Waals surface area contributed by atoms with Gasteiger partial charge in [-0.15, -0.1) is 10.2 Å². The van der Waals surface area contributed by atoms with E-state index in [9.17, 15) is 4.79 Å². The minimum absolute atomic E-state index is 0.121. The van der Waals surface area contributed by atoms with Gasteiger partial charge >= 0.3 is 0 Å². The van der Waals surface area contributed by atoms with Crippen LogP contribution in [-0.2, 0) is 11.8 Å². The van der Waals surface area contributed by atoms with Gasteiger partial charge in [-0.25, -0.2) is 0 Å². The Balaban J connectivity index is 1.60. The monoisotopic (exact) mass is 484 g/mol. The number of carbonyl (C=O) groups is 1. The minimum Gasteiger partial charge on any atom is -0.483 e.